The number of esters is 1. The third kappa shape index (κ3) is 3.79. The Morgan fingerprint density at radius 1 is 1.21 bits per heavy atom. The Morgan fingerprint density at radius 2 is 2.04 bits per heavy atom. The number of aryl methyl sites for hydroxylation is 1. The lowest BCUT2D eigenvalue weighted by Gasteiger charge is -2.07. The van der Waals surface area contributed by atoms with Crippen molar-refractivity contribution in [3.8, 4) is 11.5 Å². The highest BCUT2D eigenvalue weighted by atomic mass is 79.9. The van der Waals surface area contributed by atoms with Gasteiger partial charge in [-0.3, -0.25) is 9.59 Å². The van der Waals surface area contributed by atoms with Crippen molar-refractivity contribution in [2.24, 2.45) is 0 Å². The summed E-state index contributed by atoms with van der Waals surface area (Å²) in [7, 11) is 0. The number of halogens is 1. The second kappa shape index (κ2) is 7.73. The molecule has 28 heavy (non-hydrogen) atoms. The molecule has 0 saturated heterocycles. The Balaban J connectivity index is 1.58. The van der Waals surface area contributed by atoms with Gasteiger partial charge in [0.05, 0.1) is 12.0 Å². The van der Waals surface area contributed by atoms with Gasteiger partial charge in [-0.25, -0.2) is 0 Å². The van der Waals surface area contributed by atoms with E-state index in [0.29, 0.717) is 22.6 Å². The number of benzene rings is 2. The first-order valence-corrected chi connectivity index (χ1v) is 10.2. The SMILES string of the molecule is Cc1cc(OC(=O)Cc2cccs2)cc2c1C(=O)/C(=C/c1ccccc1Br)O2. The molecule has 0 fully saturated rings. The average Bonchev–Trinajstić information content (AvgIpc) is 3.25. The Labute approximate surface area is 174 Å². The summed E-state index contributed by atoms with van der Waals surface area (Å²) in [6.45, 7) is 1.80. The molecule has 0 spiro atoms. The monoisotopic (exact) mass is 454 g/mol. The zero-order valence-electron chi connectivity index (χ0n) is 14.9. The third-order valence-corrected chi connectivity index (χ3v) is 5.86. The van der Waals surface area contributed by atoms with E-state index in [-0.39, 0.29) is 23.9 Å². The first-order chi connectivity index (χ1) is 13.5. The molecule has 4 nitrogen and oxygen atoms in total. The van der Waals surface area contributed by atoms with Gasteiger partial charge in [-0.2, -0.15) is 0 Å². The number of rotatable bonds is 4. The molecule has 4 rings (SSSR count). The van der Waals surface area contributed by atoms with Crippen LogP contribution >= 0.6 is 27.3 Å². The van der Waals surface area contributed by atoms with Gasteiger partial charge >= 0.3 is 5.97 Å². The quantitative estimate of drug-likeness (QED) is 0.293. The number of carbonyl (C=O) groups excluding carboxylic acids is 2. The van der Waals surface area contributed by atoms with Crippen LogP contribution in [0.1, 0.15) is 26.4 Å². The fourth-order valence-corrected chi connectivity index (χ4v) is 4.08. The largest absolute Gasteiger partial charge is 0.452 e. The minimum Gasteiger partial charge on any atom is -0.452 e. The van der Waals surface area contributed by atoms with Crippen LogP contribution in [0, 0.1) is 6.92 Å². The van der Waals surface area contributed by atoms with E-state index < -0.39 is 0 Å². The molecule has 1 aliphatic heterocycles. The lowest BCUT2D eigenvalue weighted by molar-refractivity contribution is -0.133. The minimum absolute atomic E-state index is 0.181. The summed E-state index contributed by atoms with van der Waals surface area (Å²) in [6, 6.07) is 14.6. The zero-order valence-corrected chi connectivity index (χ0v) is 17.3. The molecule has 2 heterocycles. The molecule has 140 valence electrons. The molecule has 0 bridgehead atoms. The van der Waals surface area contributed by atoms with E-state index in [0.717, 1.165) is 14.9 Å². The van der Waals surface area contributed by atoms with Crippen molar-refractivity contribution in [1.29, 1.82) is 0 Å². The predicted molar refractivity (Wildman–Crippen MR) is 112 cm³/mol. The van der Waals surface area contributed by atoms with E-state index in [1.54, 1.807) is 25.1 Å². The van der Waals surface area contributed by atoms with Gasteiger partial charge in [-0.15, -0.1) is 11.3 Å². The molecule has 0 unspecified atom stereocenters. The number of allylic oxidation sites excluding steroid dienone is 1. The molecule has 0 N–H and O–H groups in total. The summed E-state index contributed by atoms with van der Waals surface area (Å²) < 4.78 is 12.1. The van der Waals surface area contributed by atoms with Crippen LogP contribution in [-0.4, -0.2) is 11.8 Å². The molecular weight excluding hydrogens is 440 g/mol. The molecule has 0 amide bonds. The summed E-state index contributed by atoms with van der Waals surface area (Å²) >= 11 is 4.97. The molecule has 0 radical (unpaired) electrons. The summed E-state index contributed by atoms with van der Waals surface area (Å²) in [5, 5.41) is 1.92. The average molecular weight is 455 g/mol. The van der Waals surface area contributed by atoms with E-state index in [1.165, 1.54) is 11.3 Å². The van der Waals surface area contributed by atoms with Crippen LogP contribution in [0.25, 0.3) is 6.08 Å². The highest BCUT2D eigenvalue weighted by Crippen LogP contribution is 2.38. The van der Waals surface area contributed by atoms with E-state index in [4.69, 9.17) is 9.47 Å². The number of Topliss-reactive ketones (excluding diaryl/α,β-unsaturated/α-hetero) is 1. The smallest absolute Gasteiger partial charge is 0.316 e. The fraction of sp³-hybridized carbons (Fsp3) is 0.0909. The van der Waals surface area contributed by atoms with Gasteiger partial charge in [0.25, 0.3) is 0 Å². The topological polar surface area (TPSA) is 52.6 Å². The number of ether oxygens (including phenoxy) is 2. The lowest BCUT2D eigenvalue weighted by atomic mass is 10.0. The second-order valence-electron chi connectivity index (χ2n) is 6.30. The molecule has 0 atom stereocenters. The normalized spacial score (nSPS) is 14.1. The molecule has 0 saturated carbocycles. The van der Waals surface area contributed by atoms with Crippen LogP contribution in [-0.2, 0) is 11.2 Å². The van der Waals surface area contributed by atoms with Crippen molar-refractivity contribution < 1.29 is 19.1 Å². The highest BCUT2D eigenvalue weighted by Gasteiger charge is 2.30. The summed E-state index contributed by atoms with van der Waals surface area (Å²) in [5.74, 6) is 0.483. The number of ketones is 1. The Bertz CT molecular complexity index is 1100. The molecule has 0 aliphatic carbocycles. The number of carbonyl (C=O) groups is 2. The summed E-state index contributed by atoms with van der Waals surface area (Å²) in [5.41, 5.74) is 2.05. The maximum Gasteiger partial charge on any atom is 0.316 e. The second-order valence-corrected chi connectivity index (χ2v) is 8.19. The van der Waals surface area contributed by atoms with Gasteiger partial charge < -0.3 is 9.47 Å². The van der Waals surface area contributed by atoms with Crippen LogP contribution in [0.3, 0.4) is 0 Å². The van der Waals surface area contributed by atoms with Crippen molar-refractivity contribution in [1.82, 2.24) is 0 Å². The van der Waals surface area contributed by atoms with Crippen molar-refractivity contribution in [3.63, 3.8) is 0 Å². The first kappa shape index (κ1) is 18.7. The van der Waals surface area contributed by atoms with Crippen LogP contribution in [0.2, 0.25) is 0 Å². The third-order valence-electron chi connectivity index (χ3n) is 4.27. The van der Waals surface area contributed by atoms with Gasteiger partial charge in [0.2, 0.25) is 5.78 Å². The lowest BCUT2D eigenvalue weighted by Crippen LogP contribution is -2.10. The van der Waals surface area contributed by atoms with E-state index >= 15 is 0 Å². The Morgan fingerprint density at radius 3 is 2.79 bits per heavy atom. The molecule has 3 aromatic rings. The minimum atomic E-state index is -0.352. The number of hydrogen-bond donors (Lipinski definition) is 0. The number of fused-ring (bicyclic) bond motifs is 1. The highest BCUT2D eigenvalue weighted by molar-refractivity contribution is 9.10. The van der Waals surface area contributed by atoms with Crippen LogP contribution in [0.4, 0.5) is 0 Å². The summed E-state index contributed by atoms with van der Waals surface area (Å²) in [4.78, 5) is 25.9. The molecule has 1 aliphatic rings. The van der Waals surface area contributed by atoms with Gasteiger partial charge in [0.1, 0.15) is 11.5 Å². The van der Waals surface area contributed by atoms with Gasteiger partial charge in [0.15, 0.2) is 5.76 Å². The molecular formula is C22H15BrO4S. The van der Waals surface area contributed by atoms with E-state index in [9.17, 15) is 9.59 Å². The van der Waals surface area contributed by atoms with Gasteiger partial charge in [0, 0.05) is 15.4 Å². The predicted octanol–water partition coefficient (Wildman–Crippen LogP) is 5.58. The fourth-order valence-electron chi connectivity index (χ4n) is 2.99. The maximum absolute atomic E-state index is 12.8. The number of hydrogen-bond acceptors (Lipinski definition) is 5. The maximum atomic E-state index is 12.8. The first-order valence-electron chi connectivity index (χ1n) is 8.58. The van der Waals surface area contributed by atoms with Crippen LogP contribution < -0.4 is 9.47 Å². The zero-order chi connectivity index (χ0) is 19.7. The van der Waals surface area contributed by atoms with Crippen LogP contribution in [0.15, 0.2) is 64.1 Å². The molecule has 2 aromatic carbocycles. The van der Waals surface area contributed by atoms with Crippen molar-refractivity contribution >= 4 is 45.1 Å². The molecule has 6 heteroatoms. The van der Waals surface area contributed by atoms with E-state index in [2.05, 4.69) is 15.9 Å². The Kier molecular flexibility index (Phi) is 5.15. The number of thiophene rings is 1. The van der Waals surface area contributed by atoms with Crippen LogP contribution in [0.5, 0.6) is 11.5 Å². The molecule has 1 aromatic heterocycles. The van der Waals surface area contributed by atoms with Gasteiger partial charge in [-0.05, 0) is 47.7 Å². The van der Waals surface area contributed by atoms with Gasteiger partial charge in [-0.1, -0.05) is 40.2 Å². The Hall–Kier alpha value is -2.70. The van der Waals surface area contributed by atoms with Crippen molar-refractivity contribution in [2.45, 2.75) is 13.3 Å². The summed E-state index contributed by atoms with van der Waals surface area (Å²) in [6.07, 6.45) is 1.91. The standard InChI is InChI=1S/C22H15BrO4S/c1-13-9-15(26-20(24)12-16-6-4-8-28-16)11-18-21(13)22(25)19(27-18)10-14-5-2-3-7-17(14)23/h2-11H,12H2,1H3/b19-10-. The van der Waals surface area contributed by atoms with E-state index in [1.807, 2.05) is 41.8 Å². The van der Waals surface area contributed by atoms with Crippen molar-refractivity contribution in [3.05, 3.63) is 85.7 Å². The van der Waals surface area contributed by atoms with Crippen molar-refractivity contribution in [2.75, 3.05) is 0 Å².